The molecule has 7 nitrogen and oxygen atoms in total. The normalized spacial score (nSPS) is 19.3. The Morgan fingerprint density at radius 1 is 1.33 bits per heavy atom. The number of fused-ring (bicyclic) bond motifs is 1. The summed E-state index contributed by atoms with van der Waals surface area (Å²) >= 11 is 0. The minimum Gasteiger partial charge on any atom is -0.378 e. The van der Waals surface area contributed by atoms with Gasteiger partial charge in [0, 0.05) is 30.9 Å². The molecule has 1 saturated heterocycles. The third-order valence-corrected chi connectivity index (χ3v) is 4.96. The van der Waals surface area contributed by atoms with Crippen molar-refractivity contribution in [2.24, 2.45) is 0 Å². The van der Waals surface area contributed by atoms with Crippen LogP contribution in [0.5, 0.6) is 0 Å². The average Bonchev–Trinajstić information content (AvgIpc) is 2.96. The molecule has 2 aliphatic rings. The molecule has 1 aromatic heterocycles. The van der Waals surface area contributed by atoms with Crippen LogP contribution in [0.2, 0.25) is 0 Å². The van der Waals surface area contributed by atoms with Crippen LogP contribution < -0.4 is 15.4 Å². The second-order valence-corrected chi connectivity index (χ2v) is 6.92. The van der Waals surface area contributed by atoms with Crippen molar-refractivity contribution in [3.63, 3.8) is 0 Å². The Hall–Kier alpha value is -2.74. The van der Waals surface area contributed by atoms with Gasteiger partial charge in [-0.3, -0.25) is 9.59 Å². The minimum atomic E-state index is -0.306. The van der Waals surface area contributed by atoms with Gasteiger partial charge in [-0.2, -0.15) is 0 Å². The minimum absolute atomic E-state index is 0.0193. The summed E-state index contributed by atoms with van der Waals surface area (Å²) in [6.07, 6.45) is 0.588. The Morgan fingerprint density at radius 2 is 2.11 bits per heavy atom. The zero-order chi connectivity index (χ0) is 19.0. The molecule has 0 spiro atoms. The largest absolute Gasteiger partial charge is 0.378 e. The molecule has 27 heavy (non-hydrogen) atoms. The topological polar surface area (TPSA) is 78.5 Å². The quantitative estimate of drug-likeness (QED) is 0.878. The number of benzene rings is 1. The van der Waals surface area contributed by atoms with Crippen LogP contribution in [0, 0.1) is 5.82 Å². The molecule has 1 atom stereocenters. The molecule has 0 aliphatic carbocycles. The summed E-state index contributed by atoms with van der Waals surface area (Å²) in [5.74, 6) is 0.410. The maximum atomic E-state index is 13.5. The van der Waals surface area contributed by atoms with Crippen molar-refractivity contribution in [2.75, 3.05) is 36.1 Å². The molecule has 0 saturated carbocycles. The SMILES string of the molecule is C[C@@H]1Cc2cc(F)ccc2N1C(=O)Cc1nc(N2CCOCC2)cc(=O)[nH]1. The maximum absolute atomic E-state index is 13.5. The van der Waals surface area contributed by atoms with E-state index in [4.69, 9.17) is 4.74 Å². The number of carbonyl (C=O) groups excluding carboxylic acids is 1. The average molecular weight is 372 g/mol. The van der Waals surface area contributed by atoms with Gasteiger partial charge in [-0.1, -0.05) is 0 Å². The zero-order valence-corrected chi connectivity index (χ0v) is 15.1. The van der Waals surface area contributed by atoms with E-state index >= 15 is 0 Å². The lowest BCUT2D eigenvalue weighted by molar-refractivity contribution is -0.118. The molecule has 8 heteroatoms. The lowest BCUT2D eigenvalue weighted by atomic mass is 10.1. The number of carbonyl (C=O) groups is 1. The Kier molecular flexibility index (Phi) is 4.65. The predicted octanol–water partition coefficient (Wildman–Crippen LogP) is 1.27. The molecular formula is C19H21FN4O3. The van der Waals surface area contributed by atoms with Gasteiger partial charge < -0.3 is 19.5 Å². The Morgan fingerprint density at radius 3 is 2.89 bits per heavy atom. The first-order chi connectivity index (χ1) is 13.0. The van der Waals surface area contributed by atoms with Crippen molar-refractivity contribution >= 4 is 17.4 Å². The van der Waals surface area contributed by atoms with Gasteiger partial charge in [0.1, 0.15) is 17.5 Å². The molecule has 4 rings (SSSR count). The van der Waals surface area contributed by atoms with Gasteiger partial charge in [0.2, 0.25) is 5.91 Å². The molecule has 1 amide bonds. The van der Waals surface area contributed by atoms with E-state index in [9.17, 15) is 14.0 Å². The number of hydrogen-bond donors (Lipinski definition) is 1. The van der Waals surface area contributed by atoms with E-state index in [2.05, 4.69) is 9.97 Å². The Balaban J connectivity index is 1.57. The van der Waals surface area contributed by atoms with Gasteiger partial charge >= 0.3 is 0 Å². The smallest absolute Gasteiger partial charge is 0.252 e. The molecule has 2 aromatic rings. The van der Waals surface area contributed by atoms with Gasteiger partial charge in [-0.15, -0.1) is 0 Å². The summed E-state index contributed by atoms with van der Waals surface area (Å²) in [7, 11) is 0. The van der Waals surface area contributed by atoms with Crippen molar-refractivity contribution in [3.8, 4) is 0 Å². The molecule has 0 unspecified atom stereocenters. The number of hydrogen-bond acceptors (Lipinski definition) is 5. The summed E-state index contributed by atoms with van der Waals surface area (Å²) in [6.45, 7) is 4.41. The number of nitrogens with one attached hydrogen (secondary N) is 1. The molecule has 0 bridgehead atoms. The molecule has 1 aromatic carbocycles. The number of aromatic amines is 1. The van der Waals surface area contributed by atoms with Crippen molar-refractivity contribution in [1.82, 2.24) is 9.97 Å². The lowest BCUT2D eigenvalue weighted by Gasteiger charge is -2.28. The predicted molar refractivity (Wildman–Crippen MR) is 98.6 cm³/mol. The summed E-state index contributed by atoms with van der Waals surface area (Å²) in [6, 6.07) is 5.83. The van der Waals surface area contributed by atoms with Crippen molar-refractivity contribution in [1.29, 1.82) is 0 Å². The van der Waals surface area contributed by atoms with Gasteiger partial charge in [0.05, 0.1) is 19.6 Å². The third-order valence-electron chi connectivity index (χ3n) is 4.96. The molecular weight excluding hydrogens is 351 g/mol. The van der Waals surface area contributed by atoms with Crippen LogP contribution >= 0.6 is 0 Å². The van der Waals surface area contributed by atoms with Crippen LogP contribution in [0.15, 0.2) is 29.1 Å². The summed E-state index contributed by atoms with van der Waals surface area (Å²) in [5, 5.41) is 0. The molecule has 3 heterocycles. The summed E-state index contributed by atoms with van der Waals surface area (Å²) in [5.41, 5.74) is 1.26. The summed E-state index contributed by atoms with van der Waals surface area (Å²) < 4.78 is 18.8. The van der Waals surface area contributed by atoms with E-state index in [0.29, 0.717) is 44.4 Å². The van der Waals surface area contributed by atoms with Gasteiger partial charge in [0.25, 0.3) is 5.56 Å². The van der Waals surface area contributed by atoms with E-state index in [1.165, 1.54) is 18.2 Å². The standard InChI is InChI=1S/C19H21FN4O3/c1-12-8-13-9-14(20)2-3-15(13)24(12)19(26)10-16-21-17(11-18(25)22-16)23-4-6-27-7-5-23/h2-3,9,11-12H,4-8,10H2,1H3,(H,21,22,25)/t12-/m1/s1. The molecule has 1 N–H and O–H groups in total. The highest BCUT2D eigenvalue weighted by Gasteiger charge is 2.31. The number of aromatic nitrogens is 2. The number of halogens is 1. The fraction of sp³-hybridized carbons (Fsp3) is 0.421. The highest BCUT2D eigenvalue weighted by molar-refractivity contribution is 5.97. The van der Waals surface area contributed by atoms with E-state index in [0.717, 1.165) is 11.3 Å². The molecule has 1 fully saturated rings. The number of rotatable bonds is 3. The van der Waals surface area contributed by atoms with Crippen molar-refractivity contribution < 1.29 is 13.9 Å². The van der Waals surface area contributed by atoms with E-state index < -0.39 is 0 Å². The number of H-pyrrole nitrogens is 1. The number of ether oxygens (including phenoxy) is 1. The number of anilines is 2. The Bertz CT molecular complexity index is 923. The molecule has 0 radical (unpaired) electrons. The number of morpholine rings is 1. The van der Waals surface area contributed by atoms with Crippen LogP contribution in [-0.2, 0) is 22.4 Å². The van der Waals surface area contributed by atoms with Crippen molar-refractivity contribution in [3.05, 3.63) is 51.8 Å². The molecule has 142 valence electrons. The second-order valence-electron chi connectivity index (χ2n) is 6.92. The monoisotopic (exact) mass is 372 g/mol. The summed E-state index contributed by atoms with van der Waals surface area (Å²) in [4.78, 5) is 35.7. The highest BCUT2D eigenvalue weighted by atomic mass is 19.1. The first-order valence-electron chi connectivity index (χ1n) is 9.04. The van der Waals surface area contributed by atoms with Crippen LogP contribution in [0.4, 0.5) is 15.9 Å². The first-order valence-corrected chi connectivity index (χ1v) is 9.04. The highest BCUT2D eigenvalue weighted by Crippen LogP contribution is 2.33. The fourth-order valence-corrected chi connectivity index (χ4v) is 3.74. The van der Waals surface area contributed by atoms with Crippen LogP contribution in [-0.4, -0.2) is 48.2 Å². The van der Waals surface area contributed by atoms with Crippen molar-refractivity contribution in [2.45, 2.75) is 25.8 Å². The number of amides is 1. The third kappa shape index (κ3) is 3.57. The van der Waals surface area contributed by atoms with Gasteiger partial charge in [-0.05, 0) is 37.1 Å². The fourth-order valence-electron chi connectivity index (χ4n) is 3.74. The van der Waals surface area contributed by atoms with Gasteiger partial charge in [0.15, 0.2) is 0 Å². The second kappa shape index (κ2) is 7.11. The van der Waals surface area contributed by atoms with E-state index in [1.807, 2.05) is 11.8 Å². The maximum Gasteiger partial charge on any atom is 0.252 e. The van der Waals surface area contributed by atoms with Crippen LogP contribution in [0.25, 0.3) is 0 Å². The zero-order valence-electron chi connectivity index (χ0n) is 15.1. The van der Waals surface area contributed by atoms with E-state index in [1.54, 1.807) is 11.0 Å². The molecule has 2 aliphatic heterocycles. The Labute approximate surface area is 155 Å². The van der Waals surface area contributed by atoms with Crippen LogP contribution in [0.3, 0.4) is 0 Å². The lowest BCUT2D eigenvalue weighted by Crippen LogP contribution is -2.39. The number of nitrogens with zero attached hydrogens (tertiary/aromatic N) is 3. The van der Waals surface area contributed by atoms with E-state index in [-0.39, 0.29) is 29.7 Å². The van der Waals surface area contributed by atoms with Gasteiger partial charge in [-0.25, -0.2) is 9.37 Å². The van der Waals surface area contributed by atoms with Crippen LogP contribution in [0.1, 0.15) is 18.3 Å². The first kappa shape index (κ1) is 17.7.